The lowest BCUT2D eigenvalue weighted by Crippen LogP contribution is -2.36. The molecule has 1 atom stereocenters. The fourth-order valence-corrected chi connectivity index (χ4v) is 2.54. The monoisotopic (exact) mass is 299 g/mol. The minimum absolute atomic E-state index is 0.538. The maximum absolute atomic E-state index is 11.1. The van der Waals surface area contributed by atoms with Gasteiger partial charge in [-0.3, -0.25) is 4.79 Å². The van der Waals surface area contributed by atoms with Gasteiger partial charge < -0.3 is 19.5 Å². The van der Waals surface area contributed by atoms with Gasteiger partial charge in [-0.1, -0.05) is 11.6 Å². The quantitative estimate of drug-likeness (QED) is 0.925. The number of nitrogens with zero attached hydrogens (tertiary/aromatic N) is 1. The smallest absolute Gasteiger partial charge is 0.310 e. The van der Waals surface area contributed by atoms with Crippen molar-refractivity contribution in [2.45, 2.75) is 12.8 Å². The van der Waals surface area contributed by atoms with Crippen LogP contribution < -0.4 is 9.64 Å². The average molecular weight is 300 g/mol. The molecule has 1 N–H and O–H groups in total. The van der Waals surface area contributed by atoms with Crippen molar-refractivity contribution < 1.29 is 19.4 Å². The molecule has 2 rings (SSSR count). The Morgan fingerprint density at radius 1 is 1.45 bits per heavy atom. The zero-order valence-corrected chi connectivity index (χ0v) is 12.3. The summed E-state index contributed by atoms with van der Waals surface area (Å²) < 4.78 is 10.6. The second kappa shape index (κ2) is 6.33. The zero-order chi connectivity index (χ0) is 14.7. The first-order valence-electron chi connectivity index (χ1n) is 6.47. The van der Waals surface area contributed by atoms with Gasteiger partial charge in [0.1, 0.15) is 5.75 Å². The second-order valence-electron chi connectivity index (χ2n) is 4.70. The van der Waals surface area contributed by atoms with Crippen LogP contribution in [0.1, 0.15) is 18.4 Å². The van der Waals surface area contributed by atoms with Crippen molar-refractivity contribution in [2.24, 2.45) is 0 Å². The van der Waals surface area contributed by atoms with Crippen LogP contribution in [0.25, 0.3) is 0 Å². The van der Waals surface area contributed by atoms with Crippen LogP contribution in [-0.2, 0) is 9.53 Å². The van der Waals surface area contributed by atoms with Gasteiger partial charge in [0.25, 0.3) is 0 Å². The predicted octanol–water partition coefficient (Wildman–Crippen LogP) is 2.37. The van der Waals surface area contributed by atoms with Crippen LogP contribution in [0.2, 0.25) is 5.02 Å². The van der Waals surface area contributed by atoms with Crippen molar-refractivity contribution in [3.8, 4) is 5.75 Å². The third kappa shape index (κ3) is 2.99. The summed E-state index contributed by atoms with van der Waals surface area (Å²) in [5.74, 6) is -1.02. The SMILES string of the molecule is COc1cc(N2CCOCC2)c(Cl)cc1C(C)C(=O)O. The molecule has 0 aromatic heterocycles. The lowest BCUT2D eigenvalue weighted by Gasteiger charge is -2.30. The Morgan fingerprint density at radius 2 is 2.10 bits per heavy atom. The Balaban J connectivity index is 2.38. The van der Waals surface area contributed by atoms with Crippen LogP contribution >= 0.6 is 11.6 Å². The number of ether oxygens (including phenoxy) is 2. The summed E-state index contributed by atoms with van der Waals surface area (Å²) in [5, 5.41) is 9.68. The first-order chi connectivity index (χ1) is 9.54. The largest absolute Gasteiger partial charge is 0.496 e. The van der Waals surface area contributed by atoms with Gasteiger partial charge in [0.2, 0.25) is 0 Å². The van der Waals surface area contributed by atoms with Gasteiger partial charge >= 0.3 is 5.97 Å². The number of aliphatic carboxylic acids is 1. The number of methoxy groups -OCH3 is 1. The molecule has 0 saturated carbocycles. The van der Waals surface area contributed by atoms with Gasteiger partial charge in [0, 0.05) is 24.7 Å². The molecule has 1 fully saturated rings. The number of hydrogen-bond donors (Lipinski definition) is 1. The maximum Gasteiger partial charge on any atom is 0.310 e. The number of benzene rings is 1. The van der Waals surface area contributed by atoms with E-state index in [-0.39, 0.29) is 0 Å². The van der Waals surface area contributed by atoms with E-state index in [1.54, 1.807) is 13.0 Å². The van der Waals surface area contributed by atoms with E-state index >= 15 is 0 Å². The number of rotatable bonds is 4. The first-order valence-corrected chi connectivity index (χ1v) is 6.85. The summed E-state index contributed by atoms with van der Waals surface area (Å²) in [6, 6.07) is 3.49. The highest BCUT2D eigenvalue weighted by Crippen LogP contribution is 2.37. The van der Waals surface area contributed by atoms with Crippen molar-refractivity contribution in [2.75, 3.05) is 38.3 Å². The minimum atomic E-state index is -0.904. The Hall–Kier alpha value is -1.46. The molecule has 110 valence electrons. The molecule has 1 heterocycles. The second-order valence-corrected chi connectivity index (χ2v) is 5.11. The number of carbonyl (C=O) groups is 1. The molecular formula is C14H18ClNO4. The molecule has 1 aromatic rings. The van der Waals surface area contributed by atoms with Crippen LogP contribution in [0.5, 0.6) is 5.75 Å². The summed E-state index contributed by atoms with van der Waals surface area (Å²) >= 11 is 6.31. The lowest BCUT2D eigenvalue weighted by atomic mass is 9.99. The van der Waals surface area contributed by atoms with Gasteiger partial charge in [-0.25, -0.2) is 0 Å². The molecule has 0 bridgehead atoms. The van der Waals surface area contributed by atoms with Crippen LogP contribution in [-0.4, -0.2) is 44.5 Å². The van der Waals surface area contributed by atoms with Crippen LogP contribution in [0.3, 0.4) is 0 Å². The summed E-state index contributed by atoms with van der Waals surface area (Å²) in [4.78, 5) is 13.3. The van der Waals surface area contributed by atoms with Gasteiger partial charge in [-0.2, -0.15) is 0 Å². The van der Waals surface area contributed by atoms with E-state index in [0.29, 0.717) is 29.5 Å². The van der Waals surface area contributed by atoms with Crippen LogP contribution in [0.4, 0.5) is 5.69 Å². The summed E-state index contributed by atoms with van der Waals surface area (Å²) in [6.07, 6.45) is 0. The number of halogens is 1. The maximum atomic E-state index is 11.1. The number of anilines is 1. The summed E-state index contributed by atoms with van der Waals surface area (Å²) in [7, 11) is 1.53. The minimum Gasteiger partial charge on any atom is -0.496 e. The molecule has 1 aliphatic heterocycles. The number of carboxylic acid groups (broad SMARTS) is 1. The predicted molar refractivity (Wildman–Crippen MR) is 77.1 cm³/mol. The van der Waals surface area contributed by atoms with Crippen molar-refractivity contribution in [1.29, 1.82) is 0 Å². The molecule has 1 aromatic carbocycles. The number of morpholine rings is 1. The van der Waals surface area contributed by atoms with Crippen molar-refractivity contribution in [3.63, 3.8) is 0 Å². The third-order valence-electron chi connectivity index (χ3n) is 3.49. The molecule has 0 aliphatic carbocycles. The van der Waals surface area contributed by atoms with Gasteiger partial charge in [0.05, 0.1) is 37.0 Å². The van der Waals surface area contributed by atoms with Gasteiger partial charge in [0.15, 0.2) is 0 Å². The van der Waals surface area contributed by atoms with E-state index in [4.69, 9.17) is 26.2 Å². The van der Waals surface area contributed by atoms with E-state index in [1.165, 1.54) is 7.11 Å². The van der Waals surface area contributed by atoms with E-state index in [9.17, 15) is 4.79 Å². The molecule has 0 spiro atoms. The van der Waals surface area contributed by atoms with Gasteiger partial charge in [-0.15, -0.1) is 0 Å². The van der Waals surface area contributed by atoms with Crippen LogP contribution in [0, 0.1) is 0 Å². The Bertz CT molecular complexity index is 500. The van der Waals surface area contributed by atoms with Crippen molar-refractivity contribution >= 4 is 23.3 Å². The Morgan fingerprint density at radius 3 is 2.65 bits per heavy atom. The highest BCUT2D eigenvalue weighted by atomic mass is 35.5. The Kier molecular flexibility index (Phi) is 4.73. The molecule has 20 heavy (non-hydrogen) atoms. The fraction of sp³-hybridized carbons (Fsp3) is 0.500. The number of hydrogen-bond acceptors (Lipinski definition) is 4. The fourth-order valence-electron chi connectivity index (χ4n) is 2.25. The Labute approximate surface area is 123 Å². The van der Waals surface area contributed by atoms with E-state index < -0.39 is 11.9 Å². The molecule has 1 saturated heterocycles. The van der Waals surface area contributed by atoms with Crippen molar-refractivity contribution in [1.82, 2.24) is 0 Å². The molecule has 0 amide bonds. The molecular weight excluding hydrogens is 282 g/mol. The summed E-state index contributed by atoms with van der Waals surface area (Å²) in [6.45, 7) is 4.45. The highest BCUT2D eigenvalue weighted by Gasteiger charge is 2.22. The number of carboxylic acids is 1. The van der Waals surface area contributed by atoms with E-state index in [2.05, 4.69) is 4.90 Å². The molecule has 0 radical (unpaired) electrons. The average Bonchev–Trinajstić information content (AvgIpc) is 2.47. The molecule has 1 aliphatic rings. The summed E-state index contributed by atoms with van der Waals surface area (Å²) in [5.41, 5.74) is 1.44. The third-order valence-corrected chi connectivity index (χ3v) is 3.79. The van der Waals surface area contributed by atoms with Gasteiger partial charge in [-0.05, 0) is 13.0 Å². The zero-order valence-electron chi connectivity index (χ0n) is 11.6. The molecule has 1 unspecified atom stereocenters. The highest BCUT2D eigenvalue weighted by molar-refractivity contribution is 6.33. The first kappa shape index (κ1) is 14.9. The van der Waals surface area contributed by atoms with E-state index in [1.807, 2.05) is 6.07 Å². The standard InChI is InChI=1S/C14H18ClNO4/c1-9(14(17)18)10-7-11(15)12(8-13(10)19-2)16-3-5-20-6-4-16/h7-9H,3-6H2,1-2H3,(H,17,18). The van der Waals surface area contributed by atoms with Crippen molar-refractivity contribution in [3.05, 3.63) is 22.7 Å². The van der Waals surface area contributed by atoms with E-state index in [0.717, 1.165) is 18.8 Å². The topological polar surface area (TPSA) is 59.0 Å². The normalized spacial score (nSPS) is 16.9. The molecule has 5 nitrogen and oxygen atoms in total. The lowest BCUT2D eigenvalue weighted by molar-refractivity contribution is -0.138. The molecule has 6 heteroatoms. The van der Waals surface area contributed by atoms with Crippen LogP contribution in [0.15, 0.2) is 12.1 Å².